The molecule has 1 unspecified atom stereocenters. The van der Waals surface area contributed by atoms with Crippen LogP contribution in [0.1, 0.15) is 83.3 Å². The Kier molecular flexibility index (Phi) is 11.0. The summed E-state index contributed by atoms with van der Waals surface area (Å²) in [6.07, 6.45) is -10.3. The number of Topliss-reactive ketones (excluding diaryl/α,β-unsaturated/α-hetero) is 1. The maximum atomic E-state index is 15.4. The average Bonchev–Trinajstić information content (AvgIpc) is 3.15. The second kappa shape index (κ2) is 15.1. The van der Waals surface area contributed by atoms with Crippen molar-refractivity contribution >= 4 is 35.6 Å². The van der Waals surface area contributed by atoms with Gasteiger partial charge in [0.15, 0.2) is 23.6 Å². The molecule has 6 rings (SSSR count). The molecule has 0 aromatic heterocycles. The molecule has 15 heteroatoms. The van der Waals surface area contributed by atoms with Crippen LogP contribution in [0.5, 0.6) is 0 Å². The lowest BCUT2D eigenvalue weighted by Gasteiger charge is -2.67. The molecular weight excluding hydrogens is 742 g/mol. The number of ketones is 1. The highest BCUT2D eigenvalue weighted by atomic mass is 16.6. The van der Waals surface area contributed by atoms with Crippen LogP contribution in [0.4, 0.5) is 0 Å². The molecular formula is C42H49NO14. The van der Waals surface area contributed by atoms with Crippen molar-refractivity contribution in [2.45, 2.75) is 115 Å². The molecule has 4 aliphatic rings. The third-order valence-electron chi connectivity index (χ3n) is 12.5. The van der Waals surface area contributed by atoms with Gasteiger partial charge in [0.2, 0.25) is 5.91 Å². The molecule has 306 valence electrons. The number of benzene rings is 2. The second-order valence-corrected chi connectivity index (χ2v) is 16.2. The van der Waals surface area contributed by atoms with E-state index in [4.69, 9.17) is 23.7 Å². The molecule has 0 spiro atoms. The Labute approximate surface area is 329 Å². The molecule has 3 aliphatic carbocycles. The number of carbonyl (C=O) groups excluding carboxylic acids is 6. The zero-order valence-electron chi connectivity index (χ0n) is 32.8. The Bertz CT molecular complexity index is 1980. The van der Waals surface area contributed by atoms with E-state index in [1.807, 2.05) is 0 Å². The molecule has 2 aromatic rings. The van der Waals surface area contributed by atoms with Crippen molar-refractivity contribution in [2.24, 2.45) is 16.7 Å². The van der Waals surface area contributed by atoms with E-state index >= 15 is 4.79 Å². The third-order valence-corrected chi connectivity index (χ3v) is 12.5. The number of hydrogen-bond acceptors (Lipinski definition) is 14. The van der Waals surface area contributed by atoms with Crippen LogP contribution in [-0.2, 0) is 47.7 Å². The van der Waals surface area contributed by atoms with Crippen molar-refractivity contribution in [3.63, 3.8) is 0 Å². The van der Waals surface area contributed by atoms with E-state index in [2.05, 4.69) is 5.32 Å². The summed E-state index contributed by atoms with van der Waals surface area (Å²) >= 11 is 0. The summed E-state index contributed by atoms with van der Waals surface area (Å²) < 4.78 is 30.0. The Hall–Kier alpha value is -4.96. The lowest BCUT2D eigenvalue weighted by atomic mass is 9.44. The van der Waals surface area contributed by atoms with Crippen molar-refractivity contribution < 1.29 is 67.8 Å². The molecule has 3 fully saturated rings. The number of amides is 1. The quantitative estimate of drug-likeness (QED) is 0.163. The summed E-state index contributed by atoms with van der Waals surface area (Å²) in [5.41, 5.74) is -7.15. The van der Waals surface area contributed by atoms with Crippen molar-refractivity contribution in [1.82, 2.24) is 5.32 Å². The van der Waals surface area contributed by atoms with Gasteiger partial charge in [0.25, 0.3) is 0 Å². The van der Waals surface area contributed by atoms with Crippen LogP contribution in [0.3, 0.4) is 0 Å². The fourth-order valence-corrected chi connectivity index (χ4v) is 9.59. The molecule has 1 aliphatic heterocycles. The maximum Gasteiger partial charge on any atom is 0.338 e. The fourth-order valence-electron chi connectivity index (χ4n) is 9.59. The molecule has 1 amide bonds. The van der Waals surface area contributed by atoms with Crippen LogP contribution in [0.2, 0.25) is 0 Å². The van der Waals surface area contributed by atoms with E-state index in [-0.39, 0.29) is 29.7 Å². The number of esters is 4. The standard InChI is InChI=1S/C42H49NO14/c1-21-27(55-38(51)32(48)31(43-22(2)44)25-14-10-8-11-15-25)19-42(52)36(56-37(50)26-16-12-9-13-17-26)34-40(7,28(47)18-29-41(34,20-53-29)57-24(4)46)35(49)33(54-23(3)45)30(21)39(42,5)6/h8-17,27-29,31-34,36,47-48,52H,18-20H2,1-7H3,(H,43,44)/t27-,28-,29+,31-,32+,33+,34-,36?,40+,41-,42+/m0/s1. The van der Waals surface area contributed by atoms with E-state index in [0.29, 0.717) is 5.56 Å². The fraction of sp³-hybridized carbons (Fsp3) is 0.524. The number of hydrogen-bond donors (Lipinski definition) is 4. The summed E-state index contributed by atoms with van der Waals surface area (Å²) in [6.45, 7) is 9.19. The number of nitrogens with one attached hydrogen (secondary N) is 1. The normalized spacial score (nSPS) is 33.7. The number of ether oxygens (including phenoxy) is 5. The molecule has 2 saturated carbocycles. The number of aliphatic hydroxyl groups is 3. The summed E-state index contributed by atoms with van der Waals surface area (Å²) in [5, 5.41) is 39.5. The van der Waals surface area contributed by atoms with Gasteiger partial charge in [-0.25, -0.2) is 9.59 Å². The molecule has 57 heavy (non-hydrogen) atoms. The van der Waals surface area contributed by atoms with E-state index < -0.39 is 113 Å². The zero-order chi connectivity index (χ0) is 41.8. The highest BCUT2D eigenvalue weighted by molar-refractivity contribution is 5.95. The van der Waals surface area contributed by atoms with E-state index in [1.165, 1.54) is 32.9 Å². The molecule has 0 radical (unpaired) electrons. The average molecular weight is 792 g/mol. The van der Waals surface area contributed by atoms with Gasteiger partial charge in [0, 0.05) is 39.0 Å². The van der Waals surface area contributed by atoms with Gasteiger partial charge in [-0.15, -0.1) is 0 Å². The minimum atomic E-state index is -2.37. The van der Waals surface area contributed by atoms with Gasteiger partial charge < -0.3 is 44.3 Å². The third kappa shape index (κ3) is 6.83. The Morgan fingerprint density at radius 1 is 0.895 bits per heavy atom. The lowest BCUT2D eigenvalue weighted by Crippen LogP contribution is -2.82. The van der Waals surface area contributed by atoms with Gasteiger partial charge in [-0.2, -0.15) is 0 Å². The number of fused-ring (bicyclic) bond motifs is 5. The summed E-state index contributed by atoms with van der Waals surface area (Å²) in [5.74, 6) is -6.74. The van der Waals surface area contributed by atoms with Crippen LogP contribution in [0, 0.1) is 16.7 Å². The maximum absolute atomic E-state index is 15.4. The van der Waals surface area contributed by atoms with Crippen molar-refractivity contribution in [1.29, 1.82) is 0 Å². The topological polar surface area (TPSA) is 221 Å². The van der Waals surface area contributed by atoms with Crippen molar-refractivity contribution in [3.8, 4) is 0 Å². The minimum Gasteiger partial charge on any atom is -0.456 e. The lowest BCUT2D eigenvalue weighted by molar-refractivity contribution is -0.346. The monoisotopic (exact) mass is 791 g/mol. The van der Waals surface area contributed by atoms with Gasteiger partial charge in [-0.05, 0) is 42.7 Å². The number of rotatable bonds is 9. The molecule has 11 atom stereocenters. The van der Waals surface area contributed by atoms with Crippen LogP contribution in [0.15, 0.2) is 71.8 Å². The molecule has 1 saturated heterocycles. The molecule has 1 heterocycles. The van der Waals surface area contributed by atoms with E-state index in [9.17, 15) is 39.3 Å². The first-order valence-electron chi connectivity index (χ1n) is 18.8. The Morgan fingerprint density at radius 3 is 2.05 bits per heavy atom. The van der Waals surface area contributed by atoms with Crippen LogP contribution >= 0.6 is 0 Å². The van der Waals surface area contributed by atoms with E-state index in [1.54, 1.807) is 62.4 Å². The zero-order valence-corrected chi connectivity index (χ0v) is 32.8. The van der Waals surface area contributed by atoms with Gasteiger partial charge in [0.1, 0.15) is 23.9 Å². The summed E-state index contributed by atoms with van der Waals surface area (Å²) in [6, 6.07) is 14.8. The van der Waals surface area contributed by atoms with Crippen LogP contribution in [0.25, 0.3) is 0 Å². The van der Waals surface area contributed by atoms with Crippen molar-refractivity contribution in [3.05, 3.63) is 82.9 Å². The van der Waals surface area contributed by atoms with Gasteiger partial charge >= 0.3 is 23.9 Å². The first kappa shape index (κ1) is 41.7. The summed E-state index contributed by atoms with van der Waals surface area (Å²) in [7, 11) is 0. The smallest absolute Gasteiger partial charge is 0.338 e. The number of aliphatic hydroxyl groups excluding tert-OH is 2. The highest BCUT2D eigenvalue weighted by Gasteiger charge is 2.78. The Balaban J connectivity index is 1.57. The molecule has 2 bridgehead atoms. The minimum absolute atomic E-state index is 0.00589. The van der Waals surface area contributed by atoms with E-state index in [0.717, 1.165) is 13.8 Å². The predicted octanol–water partition coefficient (Wildman–Crippen LogP) is 2.44. The van der Waals surface area contributed by atoms with Crippen molar-refractivity contribution in [2.75, 3.05) is 6.61 Å². The van der Waals surface area contributed by atoms with Gasteiger partial charge in [-0.1, -0.05) is 62.4 Å². The first-order chi connectivity index (χ1) is 26.7. The SMILES string of the molecule is CC(=O)N[C@@H](c1ccccc1)[C@@H](O)C(=O)O[C@H]1C[C@@]2(O)C(OC(=O)c3ccccc3)[C@@H]3[C@]4(OC(C)=O)CO[C@@H]4C[C@H](O)[C@@]3(C)C(=O)[C@H](OC(C)=O)C(=C1C)C2(C)C. The Morgan fingerprint density at radius 2 is 1.51 bits per heavy atom. The first-order valence-corrected chi connectivity index (χ1v) is 18.8. The van der Waals surface area contributed by atoms with Gasteiger partial charge in [0.05, 0.1) is 35.6 Å². The molecule has 15 nitrogen and oxygen atoms in total. The highest BCUT2D eigenvalue weighted by Crippen LogP contribution is 2.64. The predicted molar refractivity (Wildman–Crippen MR) is 198 cm³/mol. The van der Waals surface area contributed by atoms with Crippen LogP contribution in [-0.4, -0.2) is 105 Å². The molecule has 2 aromatic carbocycles. The summed E-state index contributed by atoms with van der Waals surface area (Å²) in [4.78, 5) is 81.5. The second-order valence-electron chi connectivity index (χ2n) is 16.2. The molecule has 4 N–H and O–H groups in total. The number of carbonyl (C=O) groups is 6. The van der Waals surface area contributed by atoms with Gasteiger partial charge in [-0.3, -0.25) is 19.2 Å². The van der Waals surface area contributed by atoms with Crippen LogP contribution < -0.4 is 5.32 Å². The largest absolute Gasteiger partial charge is 0.456 e.